The van der Waals surface area contributed by atoms with Crippen LogP contribution in [0.25, 0.3) is 0 Å². The fourth-order valence-corrected chi connectivity index (χ4v) is 0.569. The van der Waals surface area contributed by atoms with Crippen LogP contribution in [0.1, 0.15) is 12.8 Å². The summed E-state index contributed by atoms with van der Waals surface area (Å²) >= 11 is 0. The summed E-state index contributed by atoms with van der Waals surface area (Å²) in [5.74, 6) is -5.81. The second-order valence-electron chi connectivity index (χ2n) is 3.18. The van der Waals surface area contributed by atoms with Gasteiger partial charge in [0, 0.05) is 24.8 Å². The number of hydrogen-bond acceptors (Lipinski definition) is 8. The average Bonchev–Trinajstić information content (AvgIpc) is 2.16. The summed E-state index contributed by atoms with van der Waals surface area (Å²) in [4.78, 5) is 38.9. The summed E-state index contributed by atoms with van der Waals surface area (Å²) in [7, 11) is 0. The van der Waals surface area contributed by atoms with Crippen molar-refractivity contribution < 1.29 is 70.5 Å². The van der Waals surface area contributed by atoms with Crippen LogP contribution in [0.2, 0.25) is 0 Å². The van der Waals surface area contributed by atoms with E-state index in [4.69, 9.17) is 0 Å². The number of hydrogen-bond donors (Lipinski definition) is 2. The first-order chi connectivity index (χ1) is 8.07. The van der Waals surface area contributed by atoms with E-state index in [0.29, 0.717) is 0 Å². The van der Waals surface area contributed by atoms with Gasteiger partial charge in [0.2, 0.25) is 0 Å². The van der Waals surface area contributed by atoms with E-state index in [2.05, 4.69) is 11.5 Å². The molecule has 6 N–H and O–H groups in total. The number of rotatable bonds is 6. The summed E-state index contributed by atoms with van der Waals surface area (Å²) < 4.78 is 0. The number of carbonyl (C=O) groups excluding carboxylic acids is 4. The minimum Gasteiger partial charge on any atom is -0.550 e. The van der Waals surface area contributed by atoms with Crippen molar-refractivity contribution >= 4 is 23.9 Å². The Hall–Kier alpha value is -1.58. The van der Waals surface area contributed by atoms with Crippen LogP contribution in [-0.2, 0) is 38.7 Å². The molecule has 10 nitrogen and oxygen atoms in total. The zero-order valence-electron chi connectivity index (χ0n) is 9.96. The summed E-state index contributed by atoms with van der Waals surface area (Å²) in [6.45, 7) is 0. The molecule has 104 valence electrons. The van der Waals surface area contributed by atoms with E-state index < -0.39 is 48.8 Å². The minimum atomic E-state index is -1.47. The van der Waals surface area contributed by atoms with Gasteiger partial charge in [0.05, 0.1) is 11.9 Å². The largest absolute Gasteiger partial charge is 2.00 e. The summed E-state index contributed by atoms with van der Waals surface area (Å²) in [6.07, 6.45) is -1.19. The summed E-state index contributed by atoms with van der Waals surface area (Å²) in [5.41, 5.74) is 5.99. The van der Waals surface area contributed by atoms with Crippen molar-refractivity contribution in [2.75, 3.05) is 0 Å². The molecule has 0 heterocycles. The molecule has 0 aromatic rings. The van der Waals surface area contributed by atoms with E-state index >= 15 is 0 Å². The Morgan fingerprint density at radius 3 is 1.00 bits per heavy atom. The Kier molecular flexibility index (Phi) is 13.7. The Morgan fingerprint density at radius 1 is 0.737 bits per heavy atom. The maximum Gasteiger partial charge on any atom is 2.00 e. The standard InChI is InChI=1S/2C4H7NO4.Zn/c2*5-2(4(8)9)1-3(6)7;/h2*2H,1,5H2,(H,6,7)(H,8,9);/q;;+2/p-2. The molecule has 11 heteroatoms. The van der Waals surface area contributed by atoms with Crippen LogP contribution in [0.3, 0.4) is 0 Å². The monoisotopic (exact) mass is 328 g/mol. The normalized spacial score (nSPS) is 11.9. The van der Waals surface area contributed by atoms with Gasteiger partial charge in [-0.1, -0.05) is 0 Å². The maximum absolute atomic E-state index is 9.77. The van der Waals surface area contributed by atoms with E-state index in [1.165, 1.54) is 0 Å². The van der Waals surface area contributed by atoms with Crippen molar-refractivity contribution in [3.05, 3.63) is 0 Å². The third kappa shape index (κ3) is 16.4. The predicted molar refractivity (Wildman–Crippen MR) is 42.6 cm³/mol. The molecular weight excluding hydrogens is 317 g/mol. The molecule has 0 saturated heterocycles. The first-order valence-electron chi connectivity index (χ1n) is 4.55. The number of carboxylic acids is 4. The van der Waals surface area contributed by atoms with Crippen LogP contribution in [0.15, 0.2) is 0 Å². The fraction of sp³-hybridized carbons (Fsp3) is 0.500. The van der Waals surface area contributed by atoms with Crippen LogP contribution in [0.5, 0.6) is 0 Å². The van der Waals surface area contributed by atoms with Crippen LogP contribution in [-0.4, -0.2) is 36.0 Å². The van der Waals surface area contributed by atoms with E-state index in [1.54, 1.807) is 0 Å². The van der Waals surface area contributed by atoms with E-state index in [1.807, 2.05) is 0 Å². The third-order valence-corrected chi connectivity index (χ3v) is 1.49. The molecule has 0 rings (SSSR count). The fourth-order valence-electron chi connectivity index (χ4n) is 0.569. The predicted octanol–water partition coefficient (Wildman–Crippen LogP) is -9.03. The van der Waals surface area contributed by atoms with E-state index in [0.717, 1.165) is 0 Å². The molecule has 0 aliphatic carbocycles. The van der Waals surface area contributed by atoms with Gasteiger partial charge in [-0.2, -0.15) is 0 Å². The SMILES string of the molecule is [NH3+]C(CC(=O)[O-])C(=O)[O-].[NH3+]C(CC(=O)[O-])C(=O)[O-].[Zn+2]. The van der Waals surface area contributed by atoms with E-state index in [9.17, 15) is 39.6 Å². The Balaban J connectivity index is -0.000000256. The molecule has 0 aromatic heterocycles. The van der Waals surface area contributed by atoms with Gasteiger partial charge in [-0.3, -0.25) is 0 Å². The quantitative estimate of drug-likeness (QED) is 0.444. The third-order valence-electron chi connectivity index (χ3n) is 1.49. The van der Waals surface area contributed by atoms with Gasteiger partial charge >= 0.3 is 19.5 Å². The van der Waals surface area contributed by atoms with Gasteiger partial charge in [0.25, 0.3) is 0 Å². The molecule has 0 radical (unpaired) electrons. The average molecular weight is 330 g/mol. The smallest absolute Gasteiger partial charge is 0.550 e. The molecule has 0 bridgehead atoms. The molecule has 0 spiro atoms. The molecule has 19 heavy (non-hydrogen) atoms. The van der Waals surface area contributed by atoms with Crippen molar-refractivity contribution in [2.45, 2.75) is 24.9 Å². The molecule has 0 fully saturated rings. The first-order valence-corrected chi connectivity index (χ1v) is 4.55. The van der Waals surface area contributed by atoms with Gasteiger partial charge in [-0.25, -0.2) is 0 Å². The number of carbonyl (C=O) groups is 4. The number of quaternary nitrogens is 2. The first kappa shape index (κ1) is 22.6. The van der Waals surface area contributed by atoms with Crippen molar-refractivity contribution in [3.63, 3.8) is 0 Å². The van der Waals surface area contributed by atoms with Crippen LogP contribution in [0, 0.1) is 0 Å². The second-order valence-corrected chi connectivity index (χ2v) is 3.18. The molecule has 0 saturated carbocycles. The summed E-state index contributed by atoms with van der Waals surface area (Å²) in [5, 5.41) is 38.9. The van der Waals surface area contributed by atoms with Gasteiger partial charge in [-0.05, 0) is 0 Å². The Bertz CT molecular complexity index is 303. The van der Waals surface area contributed by atoms with Crippen LogP contribution >= 0.6 is 0 Å². The van der Waals surface area contributed by atoms with Crippen LogP contribution < -0.4 is 31.9 Å². The molecular formula is C8H12N2O8Zn. The molecule has 2 unspecified atom stereocenters. The molecule has 0 aliphatic rings. The minimum absolute atomic E-state index is 0. The van der Waals surface area contributed by atoms with Crippen molar-refractivity contribution in [1.82, 2.24) is 0 Å². The summed E-state index contributed by atoms with van der Waals surface area (Å²) in [6, 6.07) is -2.43. The second kappa shape index (κ2) is 11.5. The van der Waals surface area contributed by atoms with Gasteiger partial charge < -0.3 is 51.1 Å². The van der Waals surface area contributed by atoms with Crippen molar-refractivity contribution in [2.24, 2.45) is 0 Å². The Labute approximate surface area is 120 Å². The van der Waals surface area contributed by atoms with E-state index in [-0.39, 0.29) is 19.5 Å². The molecule has 0 aromatic carbocycles. The molecule has 0 aliphatic heterocycles. The van der Waals surface area contributed by atoms with Crippen LogP contribution in [0.4, 0.5) is 0 Å². The van der Waals surface area contributed by atoms with Gasteiger partial charge in [0.15, 0.2) is 0 Å². The molecule has 2 atom stereocenters. The van der Waals surface area contributed by atoms with Crippen molar-refractivity contribution in [3.8, 4) is 0 Å². The van der Waals surface area contributed by atoms with Crippen molar-refractivity contribution in [1.29, 1.82) is 0 Å². The number of carboxylic acid groups (broad SMARTS) is 4. The Morgan fingerprint density at radius 2 is 0.947 bits per heavy atom. The topological polar surface area (TPSA) is 216 Å². The zero-order chi connectivity index (χ0) is 14.9. The van der Waals surface area contributed by atoms with Gasteiger partial charge in [0.1, 0.15) is 12.1 Å². The molecule has 0 amide bonds. The zero-order valence-corrected chi connectivity index (χ0v) is 12.9. The van der Waals surface area contributed by atoms with Gasteiger partial charge in [-0.15, -0.1) is 0 Å². The maximum atomic E-state index is 9.77. The number of aliphatic carboxylic acids is 4.